The lowest BCUT2D eigenvalue weighted by atomic mass is 9.82. The van der Waals surface area contributed by atoms with Crippen LogP contribution in [-0.2, 0) is 14.4 Å². The zero-order valence-electron chi connectivity index (χ0n) is 18.9. The number of halogens is 1. The van der Waals surface area contributed by atoms with Gasteiger partial charge in [-0.1, -0.05) is 11.6 Å². The number of carbonyl (C=O) groups excluding carboxylic acids is 2. The Labute approximate surface area is 204 Å². The molecule has 1 unspecified atom stereocenters. The summed E-state index contributed by atoms with van der Waals surface area (Å²) in [7, 11) is 0. The van der Waals surface area contributed by atoms with Crippen LogP contribution in [0.4, 0.5) is 5.82 Å². The molecule has 2 fully saturated rings. The van der Waals surface area contributed by atoms with E-state index in [0.29, 0.717) is 36.0 Å². The van der Waals surface area contributed by atoms with Crippen molar-refractivity contribution in [2.45, 2.75) is 43.9 Å². The van der Waals surface area contributed by atoms with Crippen LogP contribution in [0.5, 0.6) is 0 Å². The molecule has 1 aromatic heterocycles. The number of ether oxygens (including phenoxy) is 1. The van der Waals surface area contributed by atoms with Crippen LogP contribution in [0, 0.1) is 0 Å². The number of piperidine rings is 1. The molecule has 2 aromatic rings. The number of hydroxylamine groups is 1. The SMILES string of the molecule is O=C(/C=C/c1ccc(N[C@]2(C(=O)c3ccc(Cl)cc3)CCCNC2)nc1)NOC1CCCCO1. The summed E-state index contributed by atoms with van der Waals surface area (Å²) in [5, 5.41) is 7.28. The number of ketones is 1. The van der Waals surface area contributed by atoms with E-state index in [2.05, 4.69) is 21.1 Å². The fourth-order valence-electron chi connectivity index (χ4n) is 4.10. The van der Waals surface area contributed by atoms with Gasteiger partial charge in [-0.15, -0.1) is 0 Å². The van der Waals surface area contributed by atoms with Gasteiger partial charge in [-0.05, 0) is 80.3 Å². The lowest BCUT2D eigenvalue weighted by Crippen LogP contribution is -2.57. The van der Waals surface area contributed by atoms with Crippen molar-refractivity contribution >= 4 is 35.2 Å². The second kappa shape index (κ2) is 11.6. The van der Waals surface area contributed by atoms with Crippen molar-refractivity contribution in [3.05, 3.63) is 64.8 Å². The molecule has 34 heavy (non-hydrogen) atoms. The normalized spacial score (nSPS) is 22.9. The van der Waals surface area contributed by atoms with Crippen LogP contribution in [0.25, 0.3) is 6.08 Å². The maximum absolute atomic E-state index is 13.4. The highest BCUT2D eigenvalue weighted by Gasteiger charge is 2.40. The van der Waals surface area contributed by atoms with Crippen molar-refractivity contribution in [1.29, 1.82) is 0 Å². The zero-order valence-corrected chi connectivity index (χ0v) is 19.6. The molecule has 1 amide bonds. The molecule has 180 valence electrons. The summed E-state index contributed by atoms with van der Waals surface area (Å²) < 4.78 is 5.41. The van der Waals surface area contributed by atoms with Gasteiger partial charge < -0.3 is 15.4 Å². The van der Waals surface area contributed by atoms with Gasteiger partial charge in [0.05, 0.1) is 0 Å². The molecule has 0 spiro atoms. The van der Waals surface area contributed by atoms with E-state index < -0.39 is 11.8 Å². The lowest BCUT2D eigenvalue weighted by Gasteiger charge is -2.37. The van der Waals surface area contributed by atoms with Crippen LogP contribution >= 0.6 is 11.6 Å². The third-order valence-corrected chi connectivity index (χ3v) is 6.19. The highest BCUT2D eigenvalue weighted by atomic mass is 35.5. The minimum atomic E-state index is -0.797. The summed E-state index contributed by atoms with van der Waals surface area (Å²) in [5.41, 5.74) is 2.94. The van der Waals surface area contributed by atoms with E-state index >= 15 is 0 Å². The minimum absolute atomic E-state index is 0.000700. The largest absolute Gasteiger partial charge is 0.356 e. The van der Waals surface area contributed by atoms with E-state index in [4.69, 9.17) is 21.2 Å². The van der Waals surface area contributed by atoms with Gasteiger partial charge in [0, 0.05) is 42.4 Å². The molecule has 1 aromatic carbocycles. The molecule has 2 saturated heterocycles. The molecule has 0 radical (unpaired) electrons. The summed E-state index contributed by atoms with van der Waals surface area (Å²) in [6.45, 7) is 2.01. The van der Waals surface area contributed by atoms with E-state index in [9.17, 15) is 9.59 Å². The zero-order chi connectivity index (χ0) is 23.8. The molecule has 9 heteroatoms. The summed E-state index contributed by atoms with van der Waals surface area (Å²) in [4.78, 5) is 35.1. The number of carbonyl (C=O) groups is 2. The van der Waals surface area contributed by atoms with Gasteiger partial charge in [-0.3, -0.25) is 9.59 Å². The van der Waals surface area contributed by atoms with Gasteiger partial charge in [0.25, 0.3) is 5.91 Å². The average Bonchev–Trinajstić information content (AvgIpc) is 2.88. The van der Waals surface area contributed by atoms with E-state index in [-0.39, 0.29) is 11.7 Å². The highest BCUT2D eigenvalue weighted by Crippen LogP contribution is 2.27. The number of aromatic nitrogens is 1. The molecule has 0 bridgehead atoms. The molecule has 3 N–H and O–H groups in total. The van der Waals surface area contributed by atoms with Crippen LogP contribution in [-0.4, -0.2) is 48.2 Å². The lowest BCUT2D eigenvalue weighted by molar-refractivity contribution is -0.198. The fraction of sp³-hybridized carbons (Fsp3) is 0.400. The van der Waals surface area contributed by atoms with Crippen molar-refractivity contribution in [2.75, 3.05) is 25.0 Å². The van der Waals surface area contributed by atoms with Crippen LogP contribution in [0.15, 0.2) is 48.7 Å². The summed E-state index contributed by atoms with van der Waals surface area (Å²) in [6.07, 6.45) is 8.64. The Bertz CT molecular complexity index is 999. The Morgan fingerprint density at radius 3 is 2.71 bits per heavy atom. The maximum Gasteiger partial charge on any atom is 0.267 e. The number of hydrogen-bond donors (Lipinski definition) is 3. The van der Waals surface area contributed by atoms with E-state index in [1.165, 1.54) is 6.08 Å². The van der Waals surface area contributed by atoms with Crippen LogP contribution in [0.2, 0.25) is 5.02 Å². The fourth-order valence-corrected chi connectivity index (χ4v) is 4.22. The number of benzene rings is 1. The minimum Gasteiger partial charge on any atom is -0.356 e. The second-order valence-corrected chi connectivity index (χ2v) is 8.95. The first-order valence-electron chi connectivity index (χ1n) is 11.5. The quantitative estimate of drug-likeness (QED) is 0.298. The maximum atomic E-state index is 13.4. The van der Waals surface area contributed by atoms with Crippen LogP contribution in [0.3, 0.4) is 0 Å². The topological polar surface area (TPSA) is 102 Å². The molecule has 2 aliphatic rings. The molecule has 4 rings (SSSR count). The Hall–Kier alpha value is -2.78. The Morgan fingerprint density at radius 1 is 1.18 bits per heavy atom. The molecular weight excluding hydrogens is 456 g/mol. The number of hydrogen-bond acceptors (Lipinski definition) is 7. The van der Waals surface area contributed by atoms with Crippen molar-refractivity contribution in [2.24, 2.45) is 0 Å². The number of rotatable bonds is 8. The smallest absolute Gasteiger partial charge is 0.267 e. The first-order chi connectivity index (χ1) is 16.5. The molecule has 0 saturated carbocycles. The molecule has 2 atom stereocenters. The van der Waals surface area contributed by atoms with Gasteiger partial charge in [-0.25, -0.2) is 15.3 Å². The van der Waals surface area contributed by atoms with Crippen LogP contribution < -0.4 is 16.1 Å². The Morgan fingerprint density at radius 2 is 2.03 bits per heavy atom. The number of anilines is 1. The van der Waals surface area contributed by atoms with Gasteiger partial charge in [0.15, 0.2) is 12.1 Å². The van der Waals surface area contributed by atoms with E-state index in [0.717, 1.165) is 37.8 Å². The van der Waals surface area contributed by atoms with Gasteiger partial charge >= 0.3 is 0 Å². The number of Topliss-reactive ketones (excluding diaryl/α,β-unsaturated/α-hetero) is 1. The van der Waals surface area contributed by atoms with E-state index in [1.807, 2.05) is 6.07 Å². The number of pyridine rings is 1. The molecule has 3 heterocycles. The van der Waals surface area contributed by atoms with Crippen LogP contribution in [0.1, 0.15) is 48.0 Å². The predicted octanol–water partition coefficient (Wildman–Crippen LogP) is 3.74. The summed E-state index contributed by atoms with van der Waals surface area (Å²) in [6, 6.07) is 10.6. The first-order valence-corrected chi connectivity index (χ1v) is 11.9. The monoisotopic (exact) mass is 484 g/mol. The standard InChI is InChI=1S/C25H29ClN4O4/c26-20-9-7-19(8-10-20)24(32)25(13-3-14-27-17-25)29-21-11-5-18(16-28-21)6-12-22(31)30-34-23-4-1-2-15-33-23/h5-12,16,23,27H,1-4,13-15,17H2,(H,28,29)(H,30,31)/b12-6+/t23?,25-/m1/s1. The first kappa shape index (κ1) is 24.3. The Kier molecular flexibility index (Phi) is 8.29. The molecular formula is C25H29ClN4O4. The highest BCUT2D eigenvalue weighted by molar-refractivity contribution is 6.30. The van der Waals surface area contributed by atoms with E-state index in [1.54, 1.807) is 42.6 Å². The van der Waals surface area contributed by atoms with Crippen molar-refractivity contribution in [3.63, 3.8) is 0 Å². The molecule has 0 aliphatic carbocycles. The van der Waals surface area contributed by atoms with Gasteiger partial charge in [0.1, 0.15) is 11.4 Å². The molecule has 2 aliphatic heterocycles. The van der Waals surface area contributed by atoms with Gasteiger partial charge in [-0.2, -0.15) is 0 Å². The summed E-state index contributed by atoms with van der Waals surface area (Å²) >= 11 is 5.99. The predicted molar refractivity (Wildman–Crippen MR) is 130 cm³/mol. The van der Waals surface area contributed by atoms with Gasteiger partial charge in [0.2, 0.25) is 0 Å². The summed E-state index contributed by atoms with van der Waals surface area (Å²) in [5.74, 6) is 0.211. The third kappa shape index (κ3) is 6.42. The second-order valence-electron chi connectivity index (χ2n) is 8.51. The van der Waals surface area contributed by atoms with Crippen molar-refractivity contribution < 1.29 is 19.2 Å². The van der Waals surface area contributed by atoms with Crippen molar-refractivity contribution in [1.82, 2.24) is 15.8 Å². The Balaban J connectivity index is 1.37. The molecule has 8 nitrogen and oxygen atoms in total. The number of nitrogens with zero attached hydrogens (tertiary/aromatic N) is 1. The average molecular weight is 485 g/mol. The third-order valence-electron chi connectivity index (χ3n) is 5.93. The van der Waals surface area contributed by atoms with Crippen molar-refractivity contribution in [3.8, 4) is 0 Å². The number of nitrogens with one attached hydrogen (secondary N) is 3. The number of amides is 1.